The smallest absolute Gasteiger partial charge is 0.273 e. The maximum absolute atomic E-state index is 13.8. The Bertz CT molecular complexity index is 680. The normalized spacial score (nSPS) is 10.0. The van der Waals surface area contributed by atoms with Gasteiger partial charge in [0.25, 0.3) is 5.91 Å². The van der Waals surface area contributed by atoms with Gasteiger partial charge in [0, 0.05) is 5.56 Å². The zero-order chi connectivity index (χ0) is 15.4. The van der Waals surface area contributed by atoms with Crippen molar-refractivity contribution in [1.29, 1.82) is 0 Å². The van der Waals surface area contributed by atoms with Gasteiger partial charge in [0.1, 0.15) is 5.75 Å². The van der Waals surface area contributed by atoms with Gasteiger partial charge in [-0.1, -0.05) is 30.4 Å². The summed E-state index contributed by atoms with van der Waals surface area (Å²) < 4.78 is 19.1. The van der Waals surface area contributed by atoms with Crippen molar-refractivity contribution in [2.75, 3.05) is 0 Å². The molecule has 7 heteroatoms. The highest BCUT2D eigenvalue weighted by Gasteiger charge is 2.17. The molecule has 0 spiro atoms. The zero-order valence-corrected chi connectivity index (χ0v) is 12.4. The van der Waals surface area contributed by atoms with Crippen LogP contribution in [0.25, 0.3) is 0 Å². The Hall–Kier alpha value is -1.96. The summed E-state index contributed by atoms with van der Waals surface area (Å²) in [6.07, 6.45) is 0. The number of thiol groups is 1. The summed E-state index contributed by atoms with van der Waals surface area (Å²) in [5.41, 5.74) is 0.140. The lowest BCUT2D eigenvalue weighted by molar-refractivity contribution is 0.0852. The number of halogens is 1. The Morgan fingerprint density at radius 1 is 1.24 bits per heavy atom. The number of thiocarbonyl (C=S) groups is 1. The molecule has 0 unspecified atom stereocenters. The van der Waals surface area contributed by atoms with Crippen molar-refractivity contribution in [3.63, 3.8) is 0 Å². The number of ether oxygens (including phenoxy) is 1. The lowest BCUT2D eigenvalue weighted by atomic mass is 10.2. The van der Waals surface area contributed by atoms with Crippen LogP contribution in [0.1, 0.15) is 10.4 Å². The third-order valence-electron chi connectivity index (χ3n) is 2.57. The third-order valence-corrected chi connectivity index (χ3v) is 2.99. The van der Waals surface area contributed by atoms with Crippen LogP contribution in [0.4, 0.5) is 4.39 Å². The van der Waals surface area contributed by atoms with Crippen LogP contribution in [-0.2, 0) is 0 Å². The number of hydrogen-bond acceptors (Lipinski definition) is 4. The number of nitrogens with zero attached hydrogens (tertiary/aromatic N) is 1. The van der Waals surface area contributed by atoms with Crippen molar-refractivity contribution in [3.05, 3.63) is 59.9 Å². The molecule has 0 saturated carbocycles. The molecular formula is C14H11FN2O2S2. The maximum Gasteiger partial charge on any atom is 0.273 e. The Kier molecular flexibility index (Phi) is 4.89. The van der Waals surface area contributed by atoms with E-state index in [-0.39, 0.29) is 15.6 Å². The molecule has 2 rings (SSSR count). The number of carbonyl (C=O) groups excluding carboxylic acids is 1. The number of hydrazine groups is 1. The summed E-state index contributed by atoms with van der Waals surface area (Å²) in [6.45, 7) is 0. The van der Waals surface area contributed by atoms with Gasteiger partial charge in [-0.05, 0) is 30.3 Å². The highest BCUT2D eigenvalue weighted by atomic mass is 32.1. The molecular weight excluding hydrogens is 311 g/mol. The quantitative estimate of drug-likeness (QED) is 0.300. The van der Waals surface area contributed by atoms with Gasteiger partial charge in [-0.15, -0.1) is 12.6 Å². The fourth-order valence-corrected chi connectivity index (χ4v) is 1.73. The van der Waals surface area contributed by atoms with Gasteiger partial charge in [0.2, 0.25) is 0 Å². The summed E-state index contributed by atoms with van der Waals surface area (Å²) in [5.74, 6) is 4.65. The van der Waals surface area contributed by atoms with E-state index in [0.717, 1.165) is 6.07 Å². The Balaban J connectivity index is 2.29. The average Bonchev–Trinajstić information content (AvgIpc) is 2.49. The van der Waals surface area contributed by atoms with E-state index < -0.39 is 11.7 Å². The molecule has 4 nitrogen and oxygen atoms in total. The number of para-hydroxylation sites is 1. The number of nitrogens with two attached hydrogens (primary N) is 1. The van der Waals surface area contributed by atoms with E-state index in [4.69, 9.17) is 22.8 Å². The topological polar surface area (TPSA) is 55.6 Å². The van der Waals surface area contributed by atoms with Crippen molar-refractivity contribution in [2.24, 2.45) is 5.84 Å². The summed E-state index contributed by atoms with van der Waals surface area (Å²) >= 11 is 8.51. The highest BCUT2D eigenvalue weighted by molar-refractivity contribution is 8.11. The van der Waals surface area contributed by atoms with Crippen molar-refractivity contribution in [1.82, 2.24) is 5.01 Å². The van der Waals surface area contributed by atoms with E-state index >= 15 is 0 Å². The molecule has 2 N–H and O–H groups in total. The molecule has 2 aromatic rings. The second-order valence-electron chi connectivity index (χ2n) is 4.02. The zero-order valence-electron chi connectivity index (χ0n) is 10.7. The maximum atomic E-state index is 13.8. The Morgan fingerprint density at radius 3 is 2.52 bits per heavy atom. The number of amides is 1. The molecule has 0 aliphatic rings. The van der Waals surface area contributed by atoms with Gasteiger partial charge in [-0.2, -0.15) is 0 Å². The van der Waals surface area contributed by atoms with Crippen molar-refractivity contribution < 1.29 is 13.9 Å². The highest BCUT2D eigenvalue weighted by Crippen LogP contribution is 2.25. The average molecular weight is 322 g/mol. The molecule has 0 radical (unpaired) electrons. The summed E-state index contributed by atoms with van der Waals surface area (Å²) in [5, 5.41) is 0.692. The number of rotatable bonds is 3. The van der Waals surface area contributed by atoms with Crippen LogP contribution in [-0.4, -0.2) is 15.2 Å². The fourth-order valence-electron chi connectivity index (χ4n) is 1.56. The molecule has 1 amide bonds. The van der Waals surface area contributed by atoms with Crippen LogP contribution >= 0.6 is 24.8 Å². The molecule has 108 valence electrons. The molecule has 0 atom stereocenters. The second kappa shape index (κ2) is 6.66. The summed E-state index contributed by atoms with van der Waals surface area (Å²) in [4.78, 5) is 12.0. The van der Waals surface area contributed by atoms with Gasteiger partial charge in [0.15, 0.2) is 15.9 Å². The first-order chi connectivity index (χ1) is 9.99. The lowest BCUT2D eigenvalue weighted by Crippen LogP contribution is -2.39. The predicted molar refractivity (Wildman–Crippen MR) is 84.9 cm³/mol. The second-order valence-corrected chi connectivity index (χ2v) is 5.13. The lowest BCUT2D eigenvalue weighted by Gasteiger charge is -2.14. The van der Waals surface area contributed by atoms with Crippen LogP contribution < -0.4 is 10.6 Å². The van der Waals surface area contributed by atoms with Crippen molar-refractivity contribution in [3.8, 4) is 11.5 Å². The molecule has 0 aliphatic heterocycles. The molecule has 0 aromatic heterocycles. The summed E-state index contributed by atoms with van der Waals surface area (Å²) in [7, 11) is 0. The van der Waals surface area contributed by atoms with Gasteiger partial charge in [-0.3, -0.25) is 4.79 Å². The van der Waals surface area contributed by atoms with E-state index in [9.17, 15) is 9.18 Å². The molecule has 21 heavy (non-hydrogen) atoms. The van der Waals surface area contributed by atoms with Gasteiger partial charge in [-0.25, -0.2) is 15.2 Å². The standard InChI is InChI=1S/C14H11FN2O2S2/c15-11-7-6-9(13(18)17(16)14(20)21)8-12(11)19-10-4-2-1-3-5-10/h1-8H,16H2,(H,20,21). The predicted octanol–water partition coefficient (Wildman–Crippen LogP) is 3.15. The SMILES string of the molecule is NN(C(=O)c1ccc(F)c(Oc2ccccc2)c1)C(=S)S. The number of benzene rings is 2. The van der Waals surface area contributed by atoms with Crippen LogP contribution in [0.2, 0.25) is 0 Å². The first kappa shape index (κ1) is 15.4. The Labute approximate surface area is 131 Å². The molecule has 0 fully saturated rings. The largest absolute Gasteiger partial charge is 0.454 e. The van der Waals surface area contributed by atoms with Crippen LogP contribution in [0.5, 0.6) is 11.5 Å². The molecule has 2 aromatic carbocycles. The van der Waals surface area contributed by atoms with Crippen molar-refractivity contribution >= 4 is 35.1 Å². The first-order valence-corrected chi connectivity index (χ1v) is 6.69. The van der Waals surface area contributed by atoms with E-state index in [0.29, 0.717) is 10.8 Å². The Morgan fingerprint density at radius 2 is 1.90 bits per heavy atom. The van der Waals surface area contributed by atoms with Crippen molar-refractivity contribution in [2.45, 2.75) is 0 Å². The van der Waals surface area contributed by atoms with Crippen LogP contribution in [0, 0.1) is 5.82 Å². The monoisotopic (exact) mass is 322 g/mol. The molecule has 0 heterocycles. The van der Waals surface area contributed by atoms with Gasteiger partial charge < -0.3 is 4.74 Å². The number of carbonyl (C=O) groups is 1. The minimum Gasteiger partial charge on any atom is -0.454 e. The van der Waals surface area contributed by atoms with Gasteiger partial charge >= 0.3 is 0 Å². The number of hydrogen-bond donors (Lipinski definition) is 2. The van der Waals surface area contributed by atoms with E-state index in [2.05, 4.69) is 12.6 Å². The first-order valence-electron chi connectivity index (χ1n) is 5.83. The minimum atomic E-state index is -0.604. The fraction of sp³-hybridized carbons (Fsp3) is 0. The van der Waals surface area contributed by atoms with E-state index in [1.54, 1.807) is 24.3 Å². The van der Waals surface area contributed by atoms with Crippen LogP contribution in [0.3, 0.4) is 0 Å². The molecule has 0 bridgehead atoms. The van der Waals surface area contributed by atoms with E-state index in [1.165, 1.54) is 12.1 Å². The van der Waals surface area contributed by atoms with E-state index in [1.807, 2.05) is 6.07 Å². The molecule has 0 saturated heterocycles. The minimum absolute atomic E-state index is 0.0782. The van der Waals surface area contributed by atoms with Gasteiger partial charge in [0.05, 0.1) is 0 Å². The summed E-state index contributed by atoms with van der Waals surface area (Å²) in [6, 6.07) is 12.3. The van der Waals surface area contributed by atoms with Crippen LogP contribution in [0.15, 0.2) is 48.5 Å². The molecule has 0 aliphatic carbocycles. The third kappa shape index (κ3) is 3.78.